The molecule has 0 saturated heterocycles. The summed E-state index contributed by atoms with van der Waals surface area (Å²) in [5.41, 5.74) is 2.44. The maximum absolute atomic E-state index is 14.1. The minimum absolute atomic E-state index is 0.0175. The number of carbonyl (C=O) groups is 6. The SMILES string of the molecule is COC(=O)C1=C(C(=O)OC)C[C@H]2C(=O)C3=C(C(=O)[C@H]2C1)C1C2=C(C(=O)C=CC2=O)C3c2ccccc21. The first kappa shape index (κ1) is 22.3. The van der Waals surface area contributed by atoms with Crippen molar-refractivity contribution in [3.05, 3.63) is 81.0 Å². The molecule has 0 aliphatic heterocycles. The van der Waals surface area contributed by atoms with Crippen molar-refractivity contribution in [3.63, 3.8) is 0 Å². The Labute approximate surface area is 205 Å². The van der Waals surface area contributed by atoms with Crippen molar-refractivity contribution in [2.45, 2.75) is 24.7 Å². The number of methoxy groups -OCH3 is 2. The highest BCUT2D eigenvalue weighted by Gasteiger charge is 2.58. The number of Topliss-reactive ketones (excluding diaryl/α,β-unsaturated/α-hetero) is 2. The molecule has 7 rings (SSSR count). The lowest BCUT2D eigenvalue weighted by atomic mass is 9.52. The van der Waals surface area contributed by atoms with Crippen molar-refractivity contribution in [2.75, 3.05) is 14.2 Å². The lowest BCUT2D eigenvalue weighted by molar-refractivity contribution is -0.141. The third kappa shape index (κ3) is 2.69. The van der Waals surface area contributed by atoms with Gasteiger partial charge in [-0.25, -0.2) is 9.59 Å². The topological polar surface area (TPSA) is 121 Å². The molecule has 180 valence electrons. The van der Waals surface area contributed by atoms with Crippen LogP contribution in [0.25, 0.3) is 0 Å². The Morgan fingerprint density at radius 3 is 1.42 bits per heavy atom. The second kappa shape index (κ2) is 7.65. The zero-order chi connectivity index (χ0) is 25.5. The Morgan fingerprint density at radius 2 is 1.06 bits per heavy atom. The normalized spacial score (nSPS) is 28.1. The zero-order valence-electron chi connectivity index (χ0n) is 19.5. The van der Waals surface area contributed by atoms with Gasteiger partial charge in [-0.1, -0.05) is 24.3 Å². The second-order valence-corrected chi connectivity index (χ2v) is 9.50. The van der Waals surface area contributed by atoms with Crippen molar-refractivity contribution in [3.8, 4) is 0 Å². The quantitative estimate of drug-likeness (QED) is 0.462. The highest BCUT2D eigenvalue weighted by molar-refractivity contribution is 6.28. The Bertz CT molecular complexity index is 1370. The number of fused-ring (bicyclic) bond motifs is 1. The van der Waals surface area contributed by atoms with Crippen LogP contribution in [-0.2, 0) is 38.2 Å². The van der Waals surface area contributed by atoms with Crippen LogP contribution < -0.4 is 0 Å². The second-order valence-electron chi connectivity index (χ2n) is 9.50. The van der Waals surface area contributed by atoms with E-state index in [0.717, 1.165) is 11.1 Å². The first-order valence-electron chi connectivity index (χ1n) is 11.6. The van der Waals surface area contributed by atoms with Crippen LogP contribution in [0.3, 0.4) is 0 Å². The smallest absolute Gasteiger partial charge is 0.334 e. The minimum Gasteiger partial charge on any atom is -0.466 e. The van der Waals surface area contributed by atoms with Crippen LogP contribution in [0.4, 0.5) is 0 Å². The van der Waals surface area contributed by atoms with E-state index < -0.39 is 35.6 Å². The van der Waals surface area contributed by atoms with Crippen LogP contribution >= 0.6 is 0 Å². The number of esters is 2. The first-order valence-corrected chi connectivity index (χ1v) is 11.6. The molecule has 4 atom stereocenters. The van der Waals surface area contributed by atoms with Gasteiger partial charge in [-0.05, 0) is 36.1 Å². The lowest BCUT2D eigenvalue weighted by Crippen LogP contribution is -2.49. The highest BCUT2D eigenvalue weighted by atomic mass is 16.5. The number of hydrogen-bond acceptors (Lipinski definition) is 8. The van der Waals surface area contributed by atoms with E-state index in [9.17, 15) is 28.8 Å². The predicted molar refractivity (Wildman–Crippen MR) is 122 cm³/mol. The summed E-state index contributed by atoms with van der Waals surface area (Å²) < 4.78 is 9.69. The molecule has 6 aliphatic rings. The molecule has 0 radical (unpaired) electrons. The van der Waals surface area contributed by atoms with Crippen molar-refractivity contribution in [2.24, 2.45) is 11.8 Å². The Morgan fingerprint density at radius 1 is 0.667 bits per heavy atom. The summed E-state index contributed by atoms with van der Waals surface area (Å²) in [6.45, 7) is 0. The van der Waals surface area contributed by atoms with Crippen LogP contribution in [0.5, 0.6) is 0 Å². The summed E-state index contributed by atoms with van der Waals surface area (Å²) in [6.07, 6.45) is 2.12. The molecule has 1 aromatic rings. The van der Waals surface area contributed by atoms with Crippen molar-refractivity contribution < 1.29 is 38.2 Å². The number of ether oxygens (including phenoxy) is 2. The molecular weight excluding hydrogens is 464 g/mol. The van der Waals surface area contributed by atoms with E-state index in [4.69, 9.17) is 9.47 Å². The maximum Gasteiger partial charge on any atom is 0.334 e. The van der Waals surface area contributed by atoms with E-state index in [2.05, 4.69) is 0 Å². The summed E-state index contributed by atoms with van der Waals surface area (Å²) >= 11 is 0. The molecule has 0 heterocycles. The Kier molecular flexibility index (Phi) is 4.73. The van der Waals surface area contributed by atoms with Crippen LogP contribution in [0.1, 0.15) is 35.8 Å². The number of allylic oxidation sites excluding steroid dienone is 6. The molecular formula is C28H20O8. The molecule has 8 nitrogen and oxygen atoms in total. The lowest BCUT2D eigenvalue weighted by Gasteiger charge is -2.48. The molecule has 36 heavy (non-hydrogen) atoms. The summed E-state index contributed by atoms with van der Waals surface area (Å²) in [5.74, 6) is -6.34. The molecule has 8 heteroatoms. The van der Waals surface area contributed by atoms with Gasteiger partial charge in [0.05, 0.1) is 14.2 Å². The van der Waals surface area contributed by atoms with Gasteiger partial charge < -0.3 is 9.47 Å². The molecule has 1 aromatic carbocycles. The van der Waals surface area contributed by atoms with Gasteiger partial charge in [-0.15, -0.1) is 0 Å². The maximum atomic E-state index is 14.1. The van der Waals surface area contributed by atoms with Gasteiger partial charge in [-0.3, -0.25) is 19.2 Å². The third-order valence-electron chi connectivity index (χ3n) is 8.04. The molecule has 2 bridgehead atoms. The van der Waals surface area contributed by atoms with Crippen LogP contribution in [-0.4, -0.2) is 49.3 Å². The molecule has 0 aromatic heterocycles. The fourth-order valence-electron chi connectivity index (χ4n) is 6.58. The van der Waals surface area contributed by atoms with Crippen LogP contribution in [0.15, 0.2) is 69.9 Å². The number of hydrogen-bond donors (Lipinski definition) is 0. The largest absolute Gasteiger partial charge is 0.466 e. The van der Waals surface area contributed by atoms with Crippen LogP contribution in [0, 0.1) is 11.8 Å². The average Bonchev–Trinajstić information content (AvgIpc) is 2.91. The summed E-state index contributed by atoms with van der Waals surface area (Å²) in [7, 11) is 2.35. The van der Waals surface area contributed by atoms with Gasteiger partial charge in [0.2, 0.25) is 0 Å². The molecule has 0 saturated carbocycles. The summed E-state index contributed by atoms with van der Waals surface area (Å²) in [6, 6.07) is 7.22. The first-order chi connectivity index (χ1) is 17.3. The zero-order valence-corrected chi connectivity index (χ0v) is 19.5. The number of carbonyl (C=O) groups excluding carboxylic acids is 6. The van der Waals surface area contributed by atoms with E-state index in [-0.39, 0.29) is 69.4 Å². The minimum atomic E-state index is -0.890. The van der Waals surface area contributed by atoms with Gasteiger partial charge in [0.15, 0.2) is 23.1 Å². The van der Waals surface area contributed by atoms with Crippen molar-refractivity contribution in [1.82, 2.24) is 0 Å². The molecule has 2 unspecified atom stereocenters. The summed E-state index contributed by atoms with van der Waals surface area (Å²) in [5, 5.41) is 0. The van der Waals surface area contributed by atoms with E-state index in [1.54, 1.807) is 12.1 Å². The fourth-order valence-corrected chi connectivity index (χ4v) is 6.58. The molecule has 0 amide bonds. The van der Waals surface area contributed by atoms with Gasteiger partial charge in [0.1, 0.15) is 0 Å². The standard InChI is InChI=1S/C28H20O8/c1-35-27(33)15-9-13-14(10-16(15)28(34)36-2)26(32)24-20-12-6-4-3-5-11(12)19(23(24)25(13)31)21-17(29)7-8-18(30)22(20)21/h3-8,13-14,19-20H,9-10H2,1-2H3/t13-,14+,19?,20?. The van der Waals surface area contributed by atoms with Gasteiger partial charge in [-0.2, -0.15) is 0 Å². The van der Waals surface area contributed by atoms with E-state index in [0.29, 0.717) is 0 Å². The monoisotopic (exact) mass is 484 g/mol. The van der Waals surface area contributed by atoms with Gasteiger partial charge >= 0.3 is 11.9 Å². The van der Waals surface area contributed by atoms with Gasteiger partial charge in [0.25, 0.3) is 0 Å². The number of ketones is 4. The van der Waals surface area contributed by atoms with Gasteiger partial charge in [0, 0.05) is 57.1 Å². The molecule has 0 fully saturated rings. The van der Waals surface area contributed by atoms with E-state index in [1.807, 2.05) is 12.1 Å². The van der Waals surface area contributed by atoms with E-state index >= 15 is 0 Å². The Balaban J connectivity index is 1.54. The number of rotatable bonds is 2. The van der Waals surface area contributed by atoms with Crippen molar-refractivity contribution >= 4 is 35.1 Å². The number of benzene rings is 1. The molecule has 0 N–H and O–H groups in total. The molecule has 0 spiro atoms. The van der Waals surface area contributed by atoms with Crippen LogP contribution in [0.2, 0.25) is 0 Å². The average molecular weight is 484 g/mol. The van der Waals surface area contributed by atoms with Crippen molar-refractivity contribution in [1.29, 1.82) is 0 Å². The van der Waals surface area contributed by atoms with E-state index in [1.165, 1.54) is 26.4 Å². The fraction of sp³-hybridized carbons (Fsp3) is 0.286. The summed E-state index contributed by atoms with van der Waals surface area (Å²) in [4.78, 5) is 79.2. The molecule has 6 aliphatic carbocycles. The third-order valence-corrected chi connectivity index (χ3v) is 8.04. The predicted octanol–water partition coefficient (Wildman–Crippen LogP) is 2.00. The Hall–Kier alpha value is -4.20. The highest BCUT2D eigenvalue weighted by Crippen LogP contribution is 2.60.